The van der Waals surface area contributed by atoms with Crippen molar-refractivity contribution in [2.45, 2.75) is 18.9 Å². The summed E-state index contributed by atoms with van der Waals surface area (Å²) < 4.78 is 5.14. The van der Waals surface area contributed by atoms with Crippen molar-refractivity contribution < 1.29 is 21.8 Å². The fourth-order valence-corrected chi connectivity index (χ4v) is 1.57. The average molecular weight is 195 g/mol. The van der Waals surface area contributed by atoms with Gasteiger partial charge in [-0.1, -0.05) is 0 Å². The molecule has 1 radical (unpaired) electrons. The van der Waals surface area contributed by atoms with Crippen molar-refractivity contribution in [3.05, 3.63) is 6.42 Å². The Morgan fingerprint density at radius 1 is 1.18 bits per heavy atom. The smallest absolute Gasteiger partial charge is 0.0645 e. The van der Waals surface area contributed by atoms with Crippen LogP contribution in [0.25, 0.3) is 0 Å². The van der Waals surface area contributed by atoms with Crippen molar-refractivity contribution >= 4 is 0 Å². The number of ether oxygens (including phenoxy) is 1. The molecule has 0 spiro atoms. The topological polar surface area (TPSA) is 12.5 Å². The van der Waals surface area contributed by atoms with E-state index < -0.39 is 0 Å². The molecular formula is C8H14MnNO-. The second-order valence-corrected chi connectivity index (χ2v) is 3.09. The molecule has 2 nitrogen and oxygen atoms in total. The van der Waals surface area contributed by atoms with Crippen molar-refractivity contribution in [1.82, 2.24) is 4.90 Å². The molecule has 0 saturated carbocycles. The van der Waals surface area contributed by atoms with Crippen LogP contribution in [0.1, 0.15) is 12.8 Å². The van der Waals surface area contributed by atoms with Gasteiger partial charge in [-0.25, -0.2) is 0 Å². The molecule has 2 aliphatic rings. The first-order valence-corrected chi connectivity index (χ1v) is 4.10. The van der Waals surface area contributed by atoms with Crippen molar-refractivity contribution in [3.63, 3.8) is 0 Å². The molecule has 2 saturated heterocycles. The van der Waals surface area contributed by atoms with Gasteiger partial charge >= 0.3 is 0 Å². The molecule has 2 rings (SSSR count). The first-order chi connectivity index (χ1) is 4.97. The maximum atomic E-state index is 5.14. The van der Waals surface area contributed by atoms with Crippen LogP contribution in [-0.4, -0.2) is 37.2 Å². The van der Waals surface area contributed by atoms with Gasteiger partial charge in [-0.2, -0.15) is 12.8 Å². The Morgan fingerprint density at radius 3 is 2.27 bits per heavy atom. The molecule has 0 aromatic heterocycles. The van der Waals surface area contributed by atoms with E-state index in [4.69, 9.17) is 4.74 Å². The first kappa shape index (κ1) is 9.53. The van der Waals surface area contributed by atoms with E-state index in [0.717, 1.165) is 19.3 Å². The van der Waals surface area contributed by atoms with E-state index >= 15 is 0 Å². The van der Waals surface area contributed by atoms with Gasteiger partial charge in [-0.15, -0.1) is 0 Å². The van der Waals surface area contributed by atoms with E-state index in [2.05, 4.69) is 11.3 Å². The fourth-order valence-electron chi connectivity index (χ4n) is 1.57. The molecule has 0 atom stereocenters. The normalized spacial score (nSPS) is 27.3. The third kappa shape index (κ3) is 2.19. The minimum atomic E-state index is 0. The summed E-state index contributed by atoms with van der Waals surface area (Å²) in [7, 11) is 0. The molecule has 11 heavy (non-hydrogen) atoms. The molecule has 0 amide bonds. The van der Waals surface area contributed by atoms with Crippen molar-refractivity contribution in [3.8, 4) is 0 Å². The Labute approximate surface area is 78.8 Å². The molecule has 0 bridgehead atoms. The van der Waals surface area contributed by atoms with Crippen molar-refractivity contribution in [2.24, 2.45) is 0 Å². The minimum absolute atomic E-state index is 0. The Bertz CT molecular complexity index is 111. The van der Waals surface area contributed by atoms with Gasteiger partial charge in [-0.05, 0) is 13.1 Å². The fraction of sp³-hybridized carbons (Fsp3) is 0.875. The zero-order valence-corrected chi connectivity index (χ0v) is 7.81. The van der Waals surface area contributed by atoms with Crippen LogP contribution >= 0.6 is 0 Å². The van der Waals surface area contributed by atoms with Crippen LogP contribution in [-0.2, 0) is 21.8 Å². The van der Waals surface area contributed by atoms with Gasteiger partial charge in [0.1, 0.15) is 0 Å². The van der Waals surface area contributed by atoms with E-state index in [1.165, 1.54) is 25.9 Å². The van der Waals surface area contributed by atoms with Crippen LogP contribution in [0.15, 0.2) is 0 Å². The third-order valence-electron chi connectivity index (χ3n) is 2.38. The Balaban J connectivity index is 0.000000605. The second-order valence-electron chi connectivity index (χ2n) is 3.09. The van der Waals surface area contributed by atoms with Crippen LogP contribution in [0.4, 0.5) is 0 Å². The number of rotatable bonds is 1. The summed E-state index contributed by atoms with van der Waals surface area (Å²) in [6.45, 7) is 4.46. The van der Waals surface area contributed by atoms with Gasteiger partial charge in [0.25, 0.3) is 0 Å². The number of piperidine rings is 1. The molecule has 0 unspecified atom stereocenters. The Morgan fingerprint density at radius 2 is 1.82 bits per heavy atom. The summed E-state index contributed by atoms with van der Waals surface area (Å²) in [6, 6.07) is 0.758. The average Bonchev–Trinajstić information content (AvgIpc) is 1.86. The maximum absolute atomic E-state index is 5.14. The van der Waals surface area contributed by atoms with E-state index in [-0.39, 0.29) is 17.1 Å². The molecule has 2 heterocycles. The Hall–Kier alpha value is 0.439. The molecule has 2 aliphatic heterocycles. The van der Waals surface area contributed by atoms with Gasteiger partial charge in [0, 0.05) is 17.1 Å². The predicted octanol–water partition coefficient (Wildman–Crippen LogP) is 0.683. The number of hydrogen-bond acceptors (Lipinski definition) is 2. The summed E-state index contributed by atoms with van der Waals surface area (Å²) >= 11 is 0. The summed E-state index contributed by atoms with van der Waals surface area (Å²) in [6.07, 6.45) is 4.93. The standard InChI is InChI=1S/C8H14NO.Mn/c1-2-4-9(5-3-1)8-6-10-7-8;/h1,8H,2-7H2;/q-1;. The Kier molecular flexibility index (Phi) is 3.86. The van der Waals surface area contributed by atoms with Crippen LogP contribution in [0, 0.1) is 6.42 Å². The summed E-state index contributed by atoms with van der Waals surface area (Å²) in [5.74, 6) is 0. The quantitative estimate of drug-likeness (QED) is 0.450. The van der Waals surface area contributed by atoms with Gasteiger partial charge in [0.15, 0.2) is 0 Å². The molecule has 2 fully saturated rings. The maximum Gasteiger partial charge on any atom is 0.0645 e. The van der Waals surface area contributed by atoms with E-state index in [0.29, 0.717) is 0 Å². The first-order valence-electron chi connectivity index (χ1n) is 4.10. The van der Waals surface area contributed by atoms with Gasteiger partial charge in [0.2, 0.25) is 0 Å². The van der Waals surface area contributed by atoms with Gasteiger partial charge in [0.05, 0.1) is 19.3 Å². The third-order valence-corrected chi connectivity index (χ3v) is 2.38. The number of nitrogens with zero attached hydrogens (tertiary/aromatic N) is 1. The molecule has 0 aromatic carbocycles. The number of likely N-dealkylation sites (tertiary alicyclic amines) is 1. The van der Waals surface area contributed by atoms with Crippen LogP contribution in [0.2, 0.25) is 0 Å². The minimum Gasteiger partial charge on any atom is -0.378 e. The molecule has 0 aromatic rings. The van der Waals surface area contributed by atoms with Gasteiger partial charge < -0.3 is 16.1 Å². The molecule has 65 valence electrons. The predicted molar refractivity (Wildman–Crippen MR) is 39.7 cm³/mol. The van der Waals surface area contributed by atoms with E-state index in [1.807, 2.05) is 0 Å². The van der Waals surface area contributed by atoms with Gasteiger partial charge in [-0.3, -0.25) is 0 Å². The zero-order chi connectivity index (χ0) is 6.81. The zero-order valence-electron chi connectivity index (χ0n) is 6.63. The summed E-state index contributed by atoms with van der Waals surface area (Å²) in [4.78, 5) is 2.55. The number of hydrogen-bond donors (Lipinski definition) is 0. The molecule has 3 heteroatoms. The molecule has 0 aliphatic carbocycles. The SMILES string of the molecule is [CH-]1CCN(C2COC2)CC1.[Mn]. The van der Waals surface area contributed by atoms with Crippen molar-refractivity contribution in [2.75, 3.05) is 26.3 Å². The molecular weight excluding hydrogens is 181 g/mol. The second kappa shape index (κ2) is 4.46. The summed E-state index contributed by atoms with van der Waals surface area (Å²) in [5.41, 5.74) is 0. The van der Waals surface area contributed by atoms with Crippen LogP contribution in [0.3, 0.4) is 0 Å². The van der Waals surface area contributed by atoms with Crippen LogP contribution in [0.5, 0.6) is 0 Å². The van der Waals surface area contributed by atoms with E-state index in [1.54, 1.807) is 0 Å². The molecule has 0 N–H and O–H groups in total. The monoisotopic (exact) mass is 195 g/mol. The summed E-state index contributed by atoms with van der Waals surface area (Å²) in [5, 5.41) is 0. The largest absolute Gasteiger partial charge is 0.378 e. The van der Waals surface area contributed by atoms with E-state index in [9.17, 15) is 0 Å². The van der Waals surface area contributed by atoms with Crippen molar-refractivity contribution in [1.29, 1.82) is 0 Å². The van der Waals surface area contributed by atoms with Crippen LogP contribution < -0.4 is 0 Å².